The summed E-state index contributed by atoms with van der Waals surface area (Å²) in [5.41, 5.74) is 2.44. The third kappa shape index (κ3) is 5.29. The first-order valence-corrected chi connectivity index (χ1v) is 7.04. The van der Waals surface area contributed by atoms with Crippen LogP contribution in [0.25, 0.3) is 5.57 Å². The summed E-state index contributed by atoms with van der Waals surface area (Å²) in [5, 5.41) is 0. The van der Waals surface area contributed by atoms with E-state index in [0.29, 0.717) is 18.9 Å². The monoisotopic (exact) mass is 259 g/mol. The van der Waals surface area contributed by atoms with Crippen LogP contribution in [-0.2, 0) is 4.79 Å². The third-order valence-corrected chi connectivity index (χ3v) is 3.09. The molecule has 0 aliphatic rings. The zero-order valence-corrected chi connectivity index (χ0v) is 12.5. The molecule has 0 aromatic heterocycles. The molecule has 0 unspecified atom stereocenters. The average molecular weight is 259 g/mol. The van der Waals surface area contributed by atoms with E-state index in [1.165, 1.54) is 11.1 Å². The van der Waals surface area contributed by atoms with E-state index in [4.69, 9.17) is 0 Å². The average Bonchev–Trinajstić information content (AvgIpc) is 2.42. The molecule has 0 N–H and O–H groups in total. The number of carbonyl (C=O) groups excluding carboxylic acids is 1. The van der Waals surface area contributed by atoms with Crippen molar-refractivity contribution in [2.24, 2.45) is 5.92 Å². The van der Waals surface area contributed by atoms with E-state index < -0.39 is 0 Å². The molecule has 0 aliphatic heterocycles. The molecule has 2 nitrogen and oxygen atoms in total. The maximum absolute atomic E-state index is 11.9. The molecule has 19 heavy (non-hydrogen) atoms. The molecule has 1 aromatic carbocycles. The molecule has 1 aromatic rings. The highest BCUT2D eigenvalue weighted by Gasteiger charge is 2.11. The van der Waals surface area contributed by atoms with E-state index in [0.717, 1.165) is 6.54 Å². The van der Waals surface area contributed by atoms with Gasteiger partial charge in [0.2, 0.25) is 5.91 Å². The smallest absolute Gasteiger partial charge is 0.222 e. The second-order valence-electron chi connectivity index (χ2n) is 5.30. The van der Waals surface area contributed by atoms with Gasteiger partial charge in [0.05, 0.1) is 0 Å². The molecule has 104 valence electrons. The van der Waals surface area contributed by atoms with Crippen molar-refractivity contribution in [2.75, 3.05) is 13.1 Å². The zero-order chi connectivity index (χ0) is 14.3. The van der Waals surface area contributed by atoms with Gasteiger partial charge in [0.1, 0.15) is 0 Å². The van der Waals surface area contributed by atoms with Gasteiger partial charge in [-0.15, -0.1) is 0 Å². The SMILES string of the molecule is CCC(=O)N(C/C=C(\C)c1ccccc1)CC(C)C. The standard InChI is InChI=1S/C17H25NO/c1-5-17(19)18(13-14(2)3)12-11-15(4)16-9-7-6-8-10-16/h6-11,14H,5,12-13H2,1-4H3/b15-11+. The van der Waals surface area contributed by atoms with Gasteiger partial charge >= 0.3 is 0 Å². The van der Waals surface area contributed by atoms with Crippen LogP contribution in [-0.4, -0.2) is 23.9 Å². The van der Waals surface area contributed by atoms with Gasteiger partial charge in [-0.05, 0) is 24.0 Å². The Morgan fingerprint density at radius 1 is 1.26 bits per heavy atom. The van der Waals surface area contributed by atoms with Crippen LogP contribution >= 0.6 is 0 Å². The highest BCUT2D eigenvalue weighted by molar-refractivity contribution is 5.76. The van der Waals surface area contributed by atoms with Gasteiger partial charge in [-0.1, -0.05) is 57.2 Å². The van der Waals surface area contributed by atoms with Crippen LogP contribution in [0, 0.1) is 5.92 Å². The molecule has 0 saturated carbocycles. The van der Waals surface area contributed by atoms with Gasteiger partial charge in [0.25, 0.3) is 0 Å². The summed E-state index contributed by atoms with van der Waals surface area (Å²) in [5.74, 6) is 0.728. The Labute approximate surface area is 117 Å². The lowest BCUT2D eigenvalue weighted by atomic mass is 10.1. The van der Waals surface area contributed by atoms with Crippen molar-refractivity contribution < 1.29 is 4.79 Å². The second-order valence-corrected chi connectivity index (χ2v) is 5.30. The van der Waals surface area contributed by atoms with E-state index in [9.17, 15) is 4.79 Å². The lowest BCUT2D eigenvalue weighted by molar-refractivity contribution is -0.130. The molecule has 0 heterocycles. The maximum atomic E-state index is 11.9. The molecular weight excluding hydrogens is 234 g/mol. The van der Waals surface area contributed by atoms with Crippen LogP contribution in [0.1, 0.15) is 39.7 Å². The van der Waals surface area contributed by atoms with E-state index in [1.807, 2.05) is 30.0 Å². The van der Waals surface area contributed by atoms with E-state index in [-0.39, 0.29) is 5.91 Å². The summed E-state index contributed by atoms with van der Waals surface area (Å²) >= 11 is 0. The van der Waals surface area contributed by atoms with Gasteiger partial charge in [0.15, 0.2) is 0 Å². The molecule has 0 spiro atoms. The molecular formula is C17H25NO. The maximum Gasteiger partial charge on any atom is 0.222 e. The van der Waals surface area contributed by atoms with Crippen molar-refractivity contribution in [3.63, 3.8) is 0 Å². The second kappa shape index (κ2) is 7.78. The van der Waals surface area contributed by atoms with Crippen molar-refractivity contribution in [3.05, 3.63) is 42.0 Å². The van der Waals surface area contributed by atoms with Crippen LogP contribution in [0.3, 0.4) is 0 Å². The molecule has 0 saturated heterocycles. The molecule has 0 aliphatic carbocycles. The number of amides is 1. The first-order chi connectivity index (χ1) is 9.04. The van der Waals surface area contributed by atoms with E-state index in [1.54, 1.807) is 0 Å². The fraction of sp³-hybridized carbons (Fsp3) is 0.471. The Bertz CT molecular complexity index is 420. The summed E-state index contributed by atoms with van der Waals surface area (Å²) in [6, 6.07) is 10.3. The number of rotatable bonds is 6. The van der Waals surface area contributed by atoms with Crippen LogP contribution in [0.5, 0.6) is 0 Å². The minimum atomic E-state index is 0.228. The lowest BCUT2D eigenvalue weighted by Gasteiger charge is -2.23. The van der Waals surface area contributed by atoms with Crippen molar-refractivity contribution in [2.45, 2.75) is 34.1 Å². The first kappa shape index (κ1) is 15.5. The normalized spacial score (nSPS) is 11.7. The molecule has 0 atom stereocenters. The highest BCUT2D eigenvalue weighted by atomic mass is 16.2. The molecule has 0 fully saturated rings. The summed E-state index contributed by atoms with van der Waals surface area (Å²) in [4.78, 5) is 13.8. The van der Waals surface area contributed by atoms with Crippen LogP contribution in [0.4, 0.5) is 0 Å². The minimum Gasteiger partial charge on any atom is -0.339 e. The van der Waals surface area contributed by atoms with Crippen molar-refractivity contribution in [3.8, 4) is 0 Å². The van der Waals surface area contributed by atoms with Gasteiger partial charge in [-0.3, -0.25) is 4.79 Å². The Balaban J connectivity index is 2.72. The van der Waals surface area contributed by atoms with Gasteiger partial charge in [-0.2, -0.15) is 0 Å². The van der Waals surface area contributed by atoms with Crippen LogP contribution < -0.4 is 0 Å². The molecule has 0 bridgehead atoms. The van der Waals surface area contributed by atoms with Crippen molar-refractivity contribution in [1.82, 2.24) is 4.90 Å². The van der Waals surface area contributed by atoms with Crippen molar-refractivity contribution >= 4 is 11.5 Å². The van der Waals surface area contributed by atoms with Gasteiger partial charge in [0, 0.05) is 19.5 Å². The molecule has 0 radical (unpaired) electrons. The van der Waals surface area contributed by atoms with Crippen LogP contribution in [0.2, 0.25) is 0 Å². The zero-order valence-electron chi connectivity index (χ0n) is 12.5. The number of carbonyl (C=O) groups is 1. The molecule has 2 heteroatoms. The largest absolute Gasteiger partial charge is 0.339 e. The number of nitrogens with zero attached hydrogens (tertiary/aromatic N) is 1. The quantitative estimate of drug-likeness (QED) is 0.756. The molecule has 1 amide bonds. The Kier molecular flexibility index (Phi) is 6.34. The number of hydrogen-bond acceptors (Lipinski definition) is 1. The number of benzene rings is 1. The predicted molar refractivity (Wildman–Crippen MR) is 81.8 cm³/mol. The van der Waals surface area contributed by atoms with Crippen molar-refractivity contribution in [1.29, 1.82) is 0 Å². The minimum absolute atomic E-state index is 0.228. The Morgan fingerprint density at radius 3 is 2.42 bits per heavy atom. The van der Waals surface area contributed by atoms with E-state index >= 15 is 0 Å². The Morgan fingerprint density at radius 2 is 1.89 bits per heavy atom. The van der Waals surface area contributed by atoms with E-state index in [2.05, 4.69) is 39.0 Å². The topological polar surface area (TPSA) is 20.3 Å². The number of allylic oxidation sites excluding steroid dienone is 1. The lowest BCUT2D eigenvalue weighted by Crippen LogP contribution is -2.33. The summed E-state index contributed by atoms with van der Waals surface area (Å²) < 4.78 is 0. The van der Waals surface area contributed by atoms with Gasteiger partial charge < -0.3 is 4.90 Å². The van der Waals surface area contributed by atoms with Crippen LogP contribution in [0.15, 0.2) is 36.4 Å². The summed E-state index contributed by atoms with van der Waals surface area (Å²) in [7, 11) is 0. The number of hydrogen-bond donors (Lipinski definition) is 0. The summed E-state index contributed by atoms with van der Waals surface area (Å²) in [6.07, 6.45) is 2.72. The highest BCUT2D eigenvalue weighted by Crippen LogP contribution is 2.13. The fourth-order valence-corrected chi connectivity index (χ4v) is 2.01. The van der Waals surface area contributed by atoms with Gasteiger partial charge in [-0.25, -0.2) is 0 Å². The predicted octanol–water partition coefficient (Wildman–Crippen LogP) is 3.98. The molecule has 1 rings (SSSR count). The fourth-order valence-electron chi connectivity index (χ4n) is 2.01. The third-order valence-electron chi connectivity index (χ3n) is 3.09. The summed E-state index contributed by atoms with van der Waals surface area (Å²) in [6.45, 7) is 9.83. The Hall–Kier alpha value is -1.57. The first-order valence-electron chi connectivity index (χ1n) is 7.04.